The molecule has 1 aromatic carbocycles. The lowest BCUT2D eigenvalue weighted by molar-refractivity contribution is 0.0710. The largest absolute Gasteiger partial charge is 0.508 e. The summed E-state index contributed by atoms with van der Waals surface area (Å²) >= 11 is 0. The minimum absolute atomic E-state index is 0.257. The van der Waals surface area contributed by atoms with E-state index in [9.17, 15) is 10.2 Å². The summed E-state index contributed by atoms with van der Waals surface area (Å²) in [5, 5.41) is 22.1. The fourth-order valence-corrected chi connectivity index (χ4v) is 1.64. The second-order valence-electron chi connectivity index (χ2n) is 3.87. The summed E-state index contributed by atoms with van der Waals surface area (Å²) in [4.78, 5) is 0. The van der Waals surface area contributed by atoms with Gasteiger partial charge in [-0.25, -0.2) is 0 Å². The quantitative estimate of drug-likeness (QED) is 0.559. The SMILES string of the molecule is CC1(O)CNc2cc(O)ccc2C1. The highest BCUT2D eigenvalue weighted by Gasteiger charge is 2.26. The van der Waals surface area contributed by atoms with Crippen molar-refractivity contribution in [3.8, 4) is 5.75 Å². The Labute approximate surface area is 77.0 Å². The van der Waals surface area contributed by atoms with Gasteiger partial charge in [-0.05, 0) is 18.6 Å². The van der Waals surface area contributed by atoms with Crippen LogP contribution in [0.2, 0.25) is 0 Å². The van der Waals surface area contributed by atoms with Gasteiger partial charge in [0.05, 0.1) is 5.60 Å². The lowest BCUT2D eigenvalue weighted by Crippen LogP contribution is -2.39. The van der Waals surface area contributed by atoms with Gasteiger partial charge in [0.15, 0.2) is 0 Å². The van der Waals surface area contributed by atoms with Crippen LogP contribution in [0.3, 0.4) is 0 Å². The molecular formula is C10H13NO2. The lowest BCUT2D eigenvalue weighted by atomic mass is 9.91. The van der Waals surface area contributed by atoms with Gasteiger partial charge in [0.25, 0.3) is 0 Å². The standard InChI is InChI=1S/C10H13NO2/c1-10(13)5-7-2-3-8(12)4-9(7)11-6-10/h2-4,11-13H,5-6H2,1H3. The number of aromatic hydroxyl groups is 1. The first-order valence-electron chi connectivity index (χ1n) is 4.35. The maximum atomic E-state index is 9.77. The van der Waals surface area contributed by atoms with Crippen LogP contribution < -0.4 is 5.32 Å². The summed E-state index contributed by atoms with van der Waals surface area (Å²) in [6.45, 7) is 2.33. The Bertz CT molecular complexity index is 334. The van der Waals surface area contributed by atoms with E-state index >= 15 is 0 Å². The van der Waals surface area contributed by atoms with Crippen molar-refractivity contribution in [2.45, 2.75) is 18.9 Å². The molecule has 70 valence electrons. The zero-order chi connectivity index (χ0) is 9.47. The van der Waals surface area contributed by atoms with E-state index in [2.05, 4.69) is 5.32 Å². The van der Waals surface area contributed by atoms with Crippen LogP contribution in [0, 0.1) is 0 Å². The summed E-state index contributed by atoms with van der Waals surface area (Å²) < 4.78 is 0. The minimum atomic E-state index is -0.677. The van der Waals surface area contributed by atoms with Crippen molar-refractivity contribution in [3.63, 3.8) is 0 Å². The number of anilines is 1. The average Bonchev–Trinajstić information content (AvgIpc) is 2.05. The van der Waals surface area contributed by atoms with E-state index in [4.69, 9.17) is 0 Å². The van der Waals surface area contributed by atoms with Crippen LogP contribution in [-0.4, -0.2) is 22.4 Å². The van der Waals surface area contributed by atoms with E-state index in [1.54, 1.807) is 19.1 Å². The molecule has 0 aromatic heterocycles. The van der Waals surface area contributed by atoms with Crippen molar-refractivity contribution < 1.29 is 10.2 Å². The molecule has 3 nitrogen and oxygen atoms in total. The molecule has 0 amide bonds. The van der Waals surface area contributed by atoms with Gasteiger partial charge in [0.2, 0.25) is 0 Å². The Morgan fingerprint density at radius 3 is 3.00 bits per heavy atom. The van der Waals surface area contributed by atoms with Crippen molar-refractivity contribution in [1.29, 1.82) is 0 Å². The third kappa shape index (κ3) is 1.60. The van der Waals surface area contributed by atoms with Crippen LogP contribution in [0.1, 0.15) is 12.5 Å². The molecule has 0 bridgehead atoms. The summed E-state index contributed by atoms with van der Waals surface area (Å²) in [7, 11) is 0. The molecule has 0 aliphatic carbocycles. The fraction of sp³-hybridized carbons (Fsp3) is 0.400. The maximum Gasteiger partial charge on any atom is 0.117 e. The molecule has 13 heavy (non-hydrogen) atoms. The first-order valence-corrected chi connectivity index (χ1v) is 4.35. The Morgan fingerprint density at radius 2 is 2.23 bits per heavy atom. The summed E-state index contributed by atoms with van der Waals surface area (Å²) in [6, 6.07) is 5.16. The third-order valence-corrected chi connectivity index (χ3v) is 2.32. The van der Waals surface area contributed by atoms with E-state index in [1.165, 1.54) is 0 Å². The summed E-state index contributed by atoms with van der Waals surface area (Å²) in [5.74, 6) is 0.257. The van der Waals surface area contributed by atoms with Gasteiger partial charge < -0.3 is 15.5 Å². The molecule has 0 spiro atoms. The molecule has 2 rings (SSSR count). The van der Waals surface area contributed by atoms with Gasteiger partial charge in [0, 0.05) is 24.7 Å². The number of hydrogen-bond donors (Lipinski definition) is 3. The molecular weight excluding hydrogens is 166 g/mol. The van der Waals surface area contributed by atoms with Crippen LogP contribution in [0.25, 0.3) is 0 Å². The van der Waals surface area contributed by atoms with Gasteiger partial charge in [-0.2, -0.15) is 0 Å². The topological polar surface area (TPSA) is 52.5 Å². The third-order valence-electron chi connectivity index (χ3n) is 2.32. The van der Waals surface area contributed by atoms with Crippen molar-refractivity contribution in [1.82, 2.24) is 0 Å². The van der Waals surface area contributed by atoms with Gasteiger partial charge >= 0.3 is 0 Å². The second-order valence-corrected chi connectivity index (χ2v) is 3.87. The lowest BCUT2D eigenvalue weighted by Gasteiger charge is -2.31. The zero-order valence-electron chi connectivity index (χ0n) is 7.54. The molecule has 1 aromatic rings. The van der Waals surface area contributed by atoms with Crippen molar-refractivity contribution in [3.05, 3.63) is 23.8 Å². The Hall–Kier alpha value is -1.22. The van der Waals surface area contributed by atoms with E-state index in [0.29, 0.717) is 13.0 Å². The molecule has 0 radical (unpaired) electrons. The molecule has 1 heterocycles. The van der Waals surface area contributed by atoms with Gasteiger partial charge in [-0.3, -0.25) is 0 Å². The number of aliphatic hydroxyl groups is 1. The Morgan fingerprint density at radius 1 is 1.46 bits per heavy atom. The number of rotatable bonds is 0. The van der Waals surface area contributed by atoms with E-state index in [-0.39, 0.29) is 5.75 Å². The number of nitrogens with one attached hydrogen (secondary N) is 1. The van der Waals surface area contributed by atoms with Gasteiger partial charge in [0.1, 0.15) is 5.75 Å². The van der Waals surface area contributed by atoms with Crippen molar-refractivity contribution in [2.24, 2.45) is 0 Å². The minimum Gasteiger partial charge on any atom is -0.508 e. The first kappa shape index (κ1) is 8.38. The number of phenolic OH excluding ortho intramolecular Hbond substituents is 1. The molecule has 1 aliphatic heterocycles. The van der Waals surface area contributed by atoms with E-state index in [1.807, 2.05) is 6.07 Å². The number of benzene rings is 1. The smallest absolute Gasteiger partial charge is 0.117 e. The van der Waals surface area contributed by atoms with E-state index < -0.39 is 5.60 Å². The predicted molar refractivity (Wildman–Crippen MR) is 50.9 cm³/mol. The molecule has 1 atom stereocenters. The highest BCUT2D eigenvalue weighted by Crippen LogP contribution is 2.29. The van der Waals surface area contributed by atoms with Gasteiger partial charge in [-0.1, -0.05) is 6.07 Å². The van der Waals surface area contributed by atoms with Crippen LogP contribution in [0.4, 0.5) is 5.69 Å². The number of hydrogen-bond acceptors (Lipinski definition) is 3. The molecule has 0 saturated carbocycles. The first-order chi connectivity index (χ1) is 6.07. The average molecular weight is 179 g/mol. The molecule has 0 saturated heterocycles. The zero-order valence-corrected chi connectivity index (χ0v) is 7.54. The van der Waals surface area contributed by atoms with Crippen LogP contribution in [-0.2, 0) is 6.42 Å². The highest BCUT2D eigenvalue weighted by molar-refractivity contribution is 5.57. The molecule has 0 fully saturated rings. The summed E-state index contributed by atoms with van der Waals surface area (Å²) in [5.41, 5.74) is 1.30. The molecule has 1 aliphatic rings. The van der Waals surface area contributed by atoms with Gasteiger partial charge in [-0.15, -0.1) is 0 Å². The monoisotopic (exact) mass is 179 g/mol. The number of phenols is 1. The number of fused-ring (bicyclic) bond motifs is 1. The predicted octanol–water partition coefficient (Wildman–Crippen LogP) is 1.11. The van der Waals surface area contributed by atoms with Crippen molar-refractivity contribution in [2.75, 3.05) is 11.9 Å². The highest BCUT2D eigenvalue weighted by atomic mass is 16.3. The van der Waals surface area contributed by atoms with Crippen molar-refractivity contribution >= 4 is 5.69 Å². The van der Waals surface area contributed by atoms with Crippen LogP contribution in [0.15, 0.2) is 18.2 Å². The normalized spacial score (nSPS) is 26.3. The summed E-state index contributed by atoms with van der Waals surface area (Å²) in [6.07, 6.45) is 0.635. The fourth-order valence-electron chi connectivity index (χ4n) is 1.64. The molecule has 3 heteroatoms. The Kier molecular flexibility index (Phi) is 1.70. The van der Waals surface area contributed by atoms with Crippen LogP contribution >= 0.6 is 0 Å². The maximum absolute atomic E-state index is 9.77. The Balaban J connectivity index is 2.37. The number of β-amino-alcohol motifs (C(OH)–C–C–N with tert-alkyl or cyclic N) is 1. The second kappa shape index (κ2) is 2.64. The molecule has 1 unspecified atom stereocenters. The molecule has 3 N–H and O–H groups in total. The van der Waals surface area contributed by atoms with Crippen LogP contribution in [0.5, 0.6) is 5.75 Å². The van der Waals surface area contributed by atoms with E-state index in [0.717, 1.165) is 11.3 Å².